The Morgan fingerprint density at radius 3 is 3.15 bits per heavy atom. The molecule has 1 saturated heterocycles. The number of nitrogens with zero attached hydrogens (tertiary/aromatic N) is 1. The van der Waals surface area contributed by atoms with Gasteiger partial charge in [0, 0.05) is 31.7 Å². The van der Waals surface area contributed by atoms with E-state index in [-0.39, 0.29) is 12.0 Å². The number of rotatable bonds is 6. The third-order valence-corrected chi connectivity index (χ3v) is 3.58. The van der Waals surface area contributed by atoms with Gasteiger partial charge in [-0.05, 0) is 24.2 Å². The molecule has 110 valence electrons. The summed E-state index contributed by atoms with van der Waals surface area (Å²) in [4.78, 5) is 13.5. The average Bonchev–Trinajstić information content (AvgIpc) is 2.48. The van der Waals surface area contributed by atoms with Gasteiger partial charge in [0.2, 0.25) is 5.91 Å². The van der Waals surface area contributed by atoms with Crippen LogP contribution in [0.15, 0.2) is 24.3 Å². The van der Waals surface area contributed by atoms with Gasteiger partial charge in [0.05, 0.1) is 12.7 Å². The molecule has 2 rings (SSSR count). The van der Waals surface area contributed by atoms with Crippen LogP contribution in [0.5, 0.6) is 0 Å². The molecule has 1 fully saturated rings. The average molecular weight is 277 g/mol. The zero-order valence-electron chi connectivity index (χ0n) is 12.0. The van der Waals surface area contributed by atoms with Crippen LogP contribution in [0.3, 0.4) is 0 Å². The van der Waals surface area contributed by atoms with Crippen molar-refractivity contribution in [3.8, 4) is 0 Å². The first kappa shape index (κ1) is 15.0. The van der Waals surface area contributed by atoms with Gasteiger partial charge in [0.1, 0.15) is 0 Å². The number of likely N-dealkylation sites (N-methyl/N-ethyl adjacent to an activating group) is 1. The molecule has 3 N–H and O–H groups in total. The highest BCUT2D eigenvalue weighted by atomic mass is 16.5. The van der Waals surface area contributed by atoms with E-state index in [4.69, 9.17) is 10.5 Å². The summed E-state index contributed by atoms with van der Waals surface area (Å²) in [6.07, 6.45) is 0.239. The number of amides is 1. The number of morpholine rings is 1. The molecule has 1 aromatic carbocycles. The Morgan fingerprint density at radius 2 is 2.40 bits per heavy atom. The molecule has 1 atom stereocenters. The van der Waals surface area contributed by atoms with Gasteiger partial charge in [-0.1, -0.05) is 19.1 Å². The molecule has 1 heterocycles. The van der Waals surface area contributed by atoms with Crippen LogP contribution in [-0.2, 0) is 11.3 Å². The molecular formula is C15H23N3O2. The van der Waals surface area contributed by atoms with E-state index in [1.165, 1.54) is 0 Å². The SMILES string of the molecule is CCN1CCOC(CNCc2cccc(C(N)=O)c2)C1. The monoisotopic (exact) mass is 277 g/mol. The Bertz CT molecular complexity index is 450. The molecule has 1 unspecified atom stereocenters. The summed E-state index contributed by atoms with van der Waals surface area (Å²) >= 11 is 0. The van der Waals surface area contributed by atoms with E-state index in [0.29, 0.717) is 12.1 Å². The number of carbonyl (C=O) groups excluding carboxylic acids is 1. The lowest BCUT2D eigenvalue weighted by molar-refractivity contribution is -0.0253. The highest BCUT2D eigenvalue weighted by molar-refractivity contribution is 5.92. The number of nitrogens with one attached hydrogen (secondary N) is 1. The molecule has 0 aromatic heterocycles. The maximum absolute atomic E-state index is 11.1. The lowest BCUT2D eigenvalue weighted by atomic mass is 10.1. The van der Waals surface area contributed by atoms with E-state index >= 15 is 0 Å². The van der Waals surface area contributed by atoms with E-state index in [0.717, 1.165) is 38.3 Å². The molecule has 5 nitrogen and oxygen atoms in total. The summed E-state index contributed by atoms with van der Waals surface area (Å²) in [5.74, 6) is -0.388. The van der Waals surface area contributed by atoms with Crippen LogP contribution in [0.4, 0.5) is 0 Å². The van der Waals surface area contributed by atoms with Crippen molar-refractivity contribution in [2.75, 3.05) is 32.8 Å². The van der Waals surface area contributed by atoms with Crippen LogP contribution in [0, 0.1) is 0 Å². The minimum absolute atomic E-state index is 0.239. The van der Waals surface area contributed by atoms with Crippen molar-refractivity contribution in [2.24, 2.45) is 5.73 Å². The molecule has 1 aromatic rings. The van der Waals surface area contributed by atoms with Crippen LogP contribution in [-0.4, -0.2) is 49.7 Å². The molecule has 0 bridgehead atoms. The fraction of sp³-hybridized carbons (Fsp3) is 0.533. The van der Waals surface area contributed by atoms with Crippen LogP contribution in [0.1, 0.15) is 22.8 Å². The van der Waals surface area contributed by atoms with Crippen LogP contribution < -0.4 is 11.1 Å². The van der Waals surface area contributed by atoms with E-state index in [9.17, 15) is 4.79 Å². The van der Waals surface area contributed by atoms with E-state index in [1.807, 2.05) is 18.2 Å². The van der Waals surface area contributed by atoms with Crippen molar-refractivity contribution in [3.63, 3.8) is 0 Å². The number of nitrogens with two attached hydrogens (primary N) is 1. The van der Waals surface area contributed by atoms with Gasteiger partial charge in [0.15, 0.2) is 0 Å². The van der Waals surface area contributed by atoms with Crippen LogP contribution >= 0.6 is 0 Å². The van der Waals surface area contributed by atoms with Crippen molar-refractivity contribution in [1.82, 2.24) is 10.2 Å². The van der Waals surface area contributed by atoms with Gasteiger partial charge >= 0.3 is 0 Å². The van der Waals surface area contributed by atoms with E-state index in [1.54, 1.807) is 6.07 Å². The summed E-state index contributed by atoms with van der Waals surface area (Å²) in [7, 11) is 0. The van der Waals surface area contributed by atoms with Crippen molar-refractivity contribution in [1.29, 1.82) is 0 Å². The predicted molar refractivity (Wildman–Crippen MR) is 78.5 cm³/mol. The molecule has 0 radical (unpaired) electrons. The highest BCUT2D eigenvalue weighted by Crippen LogP contribution is 2.06. The zero-order chi connectivity index (χ0) is 14.4. The third kappa shape index (κ3) is 4.30. The van der Waals surface area contributed by atoms with Crippen molar-refractivity contribution in [2.45, 2.75) is 19.6 Å². The van der Waals surface area contributed by atoms with Gasteiger partial charge in [-0.25, -0.2) is 0 Å². The first-order chi connectivity index (χ1) is 9.69. The van der Waals surface area contributed by atoms with E-state index < -0.39 is 0 Å². The number of benzene rings is 1. The lowest BCUT2D eigenvalue weighted by Crippen LogP contribution is -2.46. The number of ether oxygens (including phenoxy) is 1. The second-order valence-electron chi connectivity index (χ2n) is 5.08. The molecule has 0 saturated carbocycles. The number of hydrogen-bond donors (Lipinski definition) is 2. The van der Waals surface area contributed by atoms with Crippen LogP contribution in [0.2, 0.25) is 0 Å². The van der Waals surface area contributed by atoms with Gasteiger partial charge in [-0.3, -0.25) is 9.69 Å². The largest absolute Gasteiger partial charge is 0.374 e. The third-order valence-electron chi connectivity index (χ3n) is 3.58. The molecule has 1 amide bonds. The summed E-state index contributed by atoms with van der Waals surface area (Å²) < 4.78 is 5.73. The Morgan fingerprint density at radius 1 is 1.55 bits per heavy atom. The fourth-order valence-corrected chi connectivity index (χ4v) is 2.40. The first-order valence-electron chi connectivity index (χ1n) is 7.12. The highest BCUT2D eigenvalue weighted by Gasteiger charge is 2.18. The summed E-state index contributed by atoms with van der Waals surface area (Å²) in [6, 6.07) is 7.40. The minimum atomic E-state index is -0.388. The fourth-order valence-electron chi connectivity index (χ4n) is 2.40. The topological polar surface area (TPSA) is 67.6 Å². The Labute approximate surface area is 120 Å². The standard InChI is InChI=1S/C15H23N3O2/c1-2-18-6-7-20-14(11-18)10-17-9-12-4-3-5-13(8-12)15(16)19/h3-5,8,14,17H,2,6-7,9-11H2,1H3,(H2,16,19). The molecule has 20 heavy (non-hydrogen) atoms. The first-order valence-corrected chi connectivity index (χ1v) is 7.12. The Balaban J connectivity index is 1.78. The minimum Gasteiger partial charge on any atom is -0.374 e. The normalized spacial score (nSPS) is 19.9. The Kier molecular flexibility index (Phi) is 5.52. The molecule has 0 spiro atoms. The van der Waals surface area contributed by atoms with Gasteiger partial charge in [-0.2, -0.15) is 0 Å². The predicted octanol–water partition coefficient (Wildman–Crippen LogP) is 0.596. The molecule has 1 aliphatic rings. The second-order valence-corrected chi connectivity index (χ2v) is 5.08. The van der Waals surface area contributed by atoms with Gasteiger partial charge in [-0.15, -0.1) is 0 Å². The maximum atomic E-state index is 11.1. The maximum Gasteiger partial charge on any atom is 0.248 e. The molecule has 5 heteroatoms. The number of carbonyl (C=O) groups is 1. The summed E-state index contributed by atoms with van der Waals surface area (Å²) in [6.45, 7) is 7.58. The molecule has 0 aliphatic carbocycles. The van der Waals surface area contributed by atoms with Crippen molar-refractivity contribution in [3.05, 3.63) is 35.4 Å². The van der Waals surface area contributed by atoms with Crippen molar-refractivity contribution < 1.29 is 9.53 Å². The molecular weight excluding hydrogens is 254 g/mol. The number of hydrogen-bond acceptors (Lipinski definition) is 4. The lowest BCUT2D eigenvalue weighted by Gasteiger charge is -2.32. The van der Waals surface area contributed by atoms with E-state index in [2.05, 4.69) is 17.1 Å². The van der Waals surface area contributed by atoms with Gasteiger partial charge < -0.3 is 15.8 Å². The summed E-state index contributed by atoms with van der Waals surface area (Å²) in [5.41, 5.74) is 6.88. The quantitative estimate of drug-likeness (QED) is 0.799. The molecule has 1 aliphatic heterocycles. The van der Waals surface area contributed by atoms with Crippen LogP contribution in [0.25, 0.3) is 0 Å². The smallest absolute Gasteiger partial charge is 0.248 e. The Hall–Kier alpha value is -1.43. The zero-order valence-corrected chi connectivity index (χ0v) is 12.0. The number of primary amides is 1. The second kappa shape index (κ2) is 7.38. The van der Waals surface area contributed by atoms with Crippen molar-refractivity contribution >= 4 is 5.91 Å². The van der Waals surface area contributed by atoms with Gasteiger partial charge in [0.25, 0.3) is 0 Å². The summed E-state index contributed by atoms with van der Waals surface area (Å²) in [5, 5.41) is 3.38.